The van der Waals surface area contributed by atoms with E-state index >= 15 is 0 Å². The van der Waals surface area contributed by atoms with E-state index in [4.69, 9.17) is 0 Å². The molecular weight excluding hydrogens is 136 g/mol. The van der Waals surface area contributed by atoms with Crippen LogP contribution in [0.2, 0.25) is 0 Å². The molecule has 0 radical (unpaired) electrons. The first-order valence-corrected chi connectivity index (χ1v) is 4.08. The average molecular weight is 150 g/mol. The maximum Gasteiger partial charge on any atom is 0.152 e. The minimum atomic E-state index is 0.152. The Kier molecular flexibility index (Phi) is 2.64. The predicted octanol–water partition coefficient (Wildman–Crippen LogP) is 2.49. The number of hydrogen-bond acceptors (Lipinski definition) is 1. The van der Waals surface area contributed by atoms with Crippen LogP contribution in [0.5, 0.6) is 0 Å². The zero-order valence-electron chi connectivity index (χ0n) is 7.13. The molecule has 0 bridgehead atoms. The molecule has 0 heterocycles. The zero-order valence-corrected chi connectivity index (χ0v) is 7.13. The van der Waals surface area contributed by atoms with Crippen molar-refractivity contribution in [2.75, 3.05) is 0 Å². The van der Waals surface area contributed by atoms with Gasteiger partial charge in [0.05, 0.1) is 0 Å². The summed E-state index contributed by atoms with van der Waals surface area (Å²) in [5.74, 6) is 0.832. The number of hydrogen-bond donors (Lipinski definition) is 0. The summed E-state index contributed by atoms with van der Waals surface area (Å²) in [6, 6.07) is 0. The minimum absolute atomic E-state index is 0.152. The Morgan fingerprint density at radius 3 is 2.91 bits per heavy atom. The lowest BCUT2D eigenvalue weighted by Gasteiger charge is -2.12. The van der Waals surface area contributed by atoms with Gasteiger partial charge in [-0.15, -0.1) is 0 Å². The first kappa shape index (κ1) is 8.25. The van der Waals surface area contributed by atoms with E-state index in [2.05, 4.69) is 19.1 Å². The third-order valence-electron chi connectivity index (χ3n) is 1.92. The molecule has 0 aliphatic heterocycles. The van der Waals surface area contributed by atoms with Gasteiger partial charge in [0.2, 0.25) is 0 Å². The Morgan fingerprint density at radius 1 is 1.73 bits per heavy atom. The summed E-state index contributed by atoms with van der Waals surface area (Å²) in [4.78, 5) is 10.7. The largest absolute Gasteiger partial charge is 0.295 e. The lowest BCUT2D eigenvalue weighted by atomic mass is 9.93. The van der Waals surface area contributed by atoms with Crippen molar-refractivity contribution in [1.82, 2.24) is 0 Å². The van der Waals surface area contributed by atoms with Gasteiger partial charge >= 0.3 is 0 Å². The fourth-order valence-corrected chi connectivity index (χ4v) is 1.24. The van der Waals surface area contributed by atoms with E-state index in [0.717, 1.165) is 6.42 Å². The fraction of sp³-hybridized carbons (Fsp3) is 0.500. The van der Waals surface area contributed by atoms with Gasteiger partial charge in [0.1, 0.15) is 0 Å². The van der Waals surface area contributed by atoms with Crippen LogP contribution in [-0.4, -0.2) is 5.78 Å². The highest BCUT2D eigenvalue weighted by molar-refractivity contribution is 5.88. The van der Waals surface area contributed by atoms with Gasteiger partial charge in [-0.25, -0.2) is 0 Å². The molecule has 60 valence electrons. The normalized spacial score (nSPS) is 27.5. The minimum Gasteiger partial charge on any atom is -0.295 e. The molecule has 1 heteroatoms. The summed E-state index contributed by atoms with van der Waals surface area (Å²) < 4.78 is 0. The van der Waals surface area contributed by atoms with Crippen LogP contribution in [-0.2, 0) is 4.79 Å². The smallest absolute Gasteiger partial charge is 0.152 e. The number of carbonyl (C=O) groups is 1. The molecule has 1 aliphatic carbocycles. The summed E-state index contributed by atoms with van der Waals surface area (Å²) in [7, 11) is 0. The molecule has 0 saturated carbocycles. The molecule has 1 rings (SSSR count). The number of rotatable bonds is 1. The Bertz CT molecular complexity index is 211. The van der Waals surface area contributed by atoms with E-state index < -0.39 is 0 Å². The van der Waals surface area contributed by atoms with E-state index in [1.165, 1.54) is 12.0 Å². The van der Waals surface area contributed by atoms with Crippen molar-refractivity contribution in [3.05, 3.63) is 23.8 Å². The quantitative estimate of drug-likeness (QED) is 0.525. The van der Waals surface area contributed by atoms with Gasteiger partial charge in [0, 0.05) is 0 Å². The Labute approximate surface area is 67.8 Å². The van der Waals surface area contributed by atoms with Crippen LogP contribution in [0.3, 0.4) is 0 Å². The summed E-state index contributed by atoms with van der Waals surface area (Å²) in [5, 5.41) is 0. The standard InChI is InChI=1S/C10H14O/c1-8-3-5-10(6-4-8)7-9(2)11/h3,5,7-8H,4,6H2,1-2H3/b10-7-. The molecule has 11 heavy (non-hydrogen) atoms. The number of ketones is 1. The molecule has 1 unspecified atom stereocenters. The molecule has 1 nitrogen and oxygen atoms in total. The van der Waals surface area contributed by atoms with Crippen LogP contribution in [0.4, 0.5) is 0 Å². The van der Waals surface area contributed by atoms with Gasteiger partial charge in [-0.3, -0.25) is 4.79 Å². The monoisotopic (exact) mass is 150 g/mol. The fourth-order valence-electron chi connectivity index (χ4n) is 1.24. The summed E-state index contributed by atoms with van der Waals surface area (Å²) in [5.41, 5.74) is 1.18. The van der Waals surface area contributed by atoms with Gasteiger partial charge in [-0.1, -0.05) is 19.1 Å². The van der Waals surface area contributed by atoms with Crippen molar-refractivity contribution in [3.63, 3.8) is 0 Å². The van der Waals surface area contributed by atoms with Gasteiger partial charge in [0.25, 0.3) is 0 Å². The highest BCUT2D eigenvalue weighted by atomic mass is 16.1. The summed E-state index contributed by atoms with van der Waals surface area (Å²) in [6.45, 7) is 3.79. The third kappa shape index (κ3) is 2.71. The second kappa shape index (κ2) is 3.51. The molecule has 0 amide bonds. The molecule has 0 saturated heterocycles. The van der Waals surface area contributed by atoms with Crippen LogP contribution in [0, 0.1) is 5.92 Å². The zero-order chi connectivity index (χ0) is 8.27. The highest BCUT2D eigenvalue weighted by Gasteiger charge is 2.05. The first-order chi connectivity index (χ1) is 5.18. The Morgan fingerprint density at radius 2 is 2.45 bits per heavy atom. The Balaban J connectivity index is 2.64. The van der Waals surface area contributed by atoms with Crippen LogP contribution < -0.4 is 0 Å². The molecule has 1 atom stereocenters. The van der Waals surface area contributed by atoms with Crippen molar-refractivity contribution in [1.29, 1.82) is 0 Å². The summed E-state index contributed by atoms with van der Waals surface area (Å²) in [6.07, 6.45) is 8.18. The Hall–Kier alpha value is -0.850. The third-order valence-corrected chi connectivity index (χ3v) is 1.92. The van der Waals surface area contributed by atoms with Gasteiger partial charge < -0.3 is 0 Å². The van der Waals surface area contributed by atoms with Crippen molar-refractivity contribution in [2.45, 2.75) is 26.7 Å². The van der Waals surface area contributed by atoms with E-state index in [1.54, 1.807) is 13.0 Å². The predicted molar refractivity (Wildman–Crippen MR) is 46.3 cm³/mol. The van der Waals surface area contributed by atoms with E-state index in [0.29, 0.717) is 5.92 Å². The van der Waals surface area contributed by atoms with Crippen LogP contribution in [0.1, 0.15) is 26.7 Å². The first-order valence-electron chi connectivity index (χ1n) is 4.08. The maximum absolute atomic E-state index is 10.7. The van der Waals surface area contributed by atoms with E-state index in [-0.39, 0.29) is 5.78 Å². The molecule has 0 spiro atoms. The van der Waals surface area contributed by atoms with Gasteiger partial charge in [-0.2, -0.15) is 0 Å². The van der Waals surface area contributed by atoms with Gasteiger partial charge in [-0.05, 0) is 37.3 Å². The second-order valence-corrected chi connectivity index (χ2v) is 3.20. The van der Waals surface area contributed by atoms with Crippen molar-refractivity contribution in [2.24, 2.45) is 5.92 Å². The van der Waals surface area contributed by atoms with Crippen molar-refractivity contribution >= 4 is 5.78 Å². The SMILES string of the molecule is CC(=O)/C=C1/C=CC(C)CC1. The molecule has 0 aromatic carbocycles. The van der Waals surface area contributed by atoms with E-state index in [9.17, 15) is 4.79 Å². The molecular formula is C10H14O. The van der Waals surface area contributed by atoms with Crippen LogP contribution in [0.15, 0.2) is 23.8 Å². The molecule has 1 aliphatic rings. The van der Waals surface area contributed by atoms with E-state index in [1.807, 2.05) is 0 Å². The number of carbonyl (C=O) groups excluding carboxylic acids is 1. The average Bonchev–Trinajstić information content (AvgIpc) is 1.93. The molecule has 0 N–H and O–H groups in total. The highest BCUT2D eigenvalue weighted by Crippen LogP contribution is 2.20. The van der Waals surface area contributed by atoms with Crippen LogP contribution in [0.25, 0.3) is 0 Å². The number of allylic oxidation sites excluding steroid dienone is 4. The van der Waals surface area contributed by atoms with Crippen molar-refractivity contribution in [3.8, 4) is 0 Å². The van der Waals surface area contributed by atoms with Crippen LogP contribution >= 0.6 is 0 Å². The molecule has 0 aromatic rings. The lowest BCUT2D eigenvalue weighted by Crippen LogP contribution is -1.98. The lowest BCUT2D eigenvalue weighted by molar-refractivity contribution is -0.112. The molecule has 0 aromatic heterocycles. The summed E-state index contributed by atoms with van der Waals surface area (Å²) >= 11 is 0. The van der Waals surface area contributed by atoms with Gasteiger partial charge in [0.15, 0.2) is 5.78 Å². The topological polar surface area (TPSA) is 17.1 Å². The van der Waals surface area contributed by atoms with Crippen molar-refractivity contribution < 1.29 is 4.79 Å². The second-order valence-electron chi connectivity index (χ2n) is 3.20. The molecule has 0 fully saturated rings. The maximum atomic E-state index is 10.7.